The molecule has 5 nitrogen and oxygen atoms in total. The molecule has 0 saturated carbocycles. The molecule has 2 heterocycles. The lowest BCUT2D eigenvalue weighted by Gasteiger charge is -2.32. The lowest BCUT2D eigenvalue weighted by Crippen LogP contribution is -2.42. The number of para-hydroxylation sites is 1. The number of carbonyl (C=O) groups is 2. The number of nitrogens with zero attached hydrogens (tertiary/aromatic N) is 1. The smallest absolute Gasteiger partial charge is 0.308 e. The normalized spacial score (nSPS) is 17.4. The molecule has 108 valence electrons. The minimum absolute atomic E-state index is 0.00919. The maximum atomic E-state index is 12.6. The van der Waals surface area contributed by atoms with Crippen molar-refractivity contribution >= 4 is 29.2 Å². The number of halogens is 1. The average molecular weight is 306 g/mol. The van der Waals surface area contributed by atoms with E-state index in [9.17, 15) is 14.7 Å². The number of rotatable bonds is 2. The van der Waals surface area contributed by atoms with E-state index in [0.29, 0.717) is 6.42 Å². The third-order valence-electron chi connectivity index (χ3n) is 3.59. The molecule has 0 fully saturated rings. The Kier molecular flexibility index (Phi) is 3.43. The molecule has 1 aliphatic heterocycles. The molecule has 1 amide bonds. The summed E-state index contributed by atoms with van der Waals surface area (Å²) in [5, 5.41) is 9.28. The first-order valence-electron chi connectivity index (χ1n) is 6.43. The topological polar surface area (TPSA) is 70.8 Å². The molecule has 1 N–H and O–H groups in total. The van der Waals surface area contributed by atoms with Crippen LogP contribution < -0.4 is 4.90 Å². The Labute approximate surface area is 125 Å². The number of carboxylic acid groups (broad SMARTS) is 1. The first-order chi connectivity index (χ1) is 10.1. The monoisotopic (exact) mass is 305 g/mol. The van der Waals surface area contributed by atoms with E-state index in [-0.39, 0.29) is 23.2 Å². The van der Waals surface area contributed by atoms with Gasteiger partial charge in [0.1, 0.15) is 0 Å². The van der Waals surface area contributed by atoms with Crippen LogP contribution in [0.5, 0.6) is 0 Å². The lowest BCUT2D eigenvalue weighted by atomic mass is 9.92. The van der Waals surface area contributed by atoms with Crippen LogP contribution in [0.2, 0.25) is 5.22 Å². The Bertz CT molecular complexity index is 709. The van der Waals surface area contributed by atoms with Crippen LogP contribution in [0.15, 0.2) is 41.0 Å². The average Bonchev–Trinajstić information content (AvgIpc) is 2.91. The molecule has 1 aromatic carbocycles. The molecule has 1 aromatic heterocycles. The highest BCUT2D eigenvalue weighted by molar-refractivity contribution is 6.33. The molecule has 0 radical (unpaired) electrons. The number of fused-ring (bicyclic) bond motifs is 1. The number of benzene rings is 1. The van der Waals surface area contributed by atoms with Gasteiger partial charge >= 0.3 is 5.97 Å². The third-order valence-corrected chi connectivity index (χ3v) is 3.89. The highest BCUT2D eigenvalue weighted by Crippen LogP contribution is 2.32. The number of aliphatic carboxylic acids is 1. The Morgan fingerprint density at radius 1 is 1.29 bits per heavy atom. The molecule has 0 aliphatic carbocycles. The third kappa shape index (κ3) is 2.40. The second-order valence-electron chi connectivity index (χ2n) is 4.89. The van der Waals surface area contributed by atoms with Crippen molar-refractivity contribution in [3.8, 4) is 0 Å². The molecule has 0 spiro atoms. The summed E-state index contributed by atoms with van der Waals surface area (Å²) in [5.74, 6) is -1.90. The summed E-state index contributed by atoms with van der Waals surface area (Å²) in [6, 6.07) is 8.77. The number of anilines is 1. The van der Waals surface area contributed by atoms with E-state index in [1.807, 2.05) is 18.2 Å². The molecular formula is C15H12ClNO4. The number of furan rings is 1. The highest BCUT2D eigenvalue weighted by atomic mass is 35.5. The van der Waals surface area contributed by atoms with Gasteiger partial charge in [0.15, 0.2) is 0 Å². The van der Waals surface area contributed by atoms with Gasteiger partial charge in [-0.05, 0) is 35.7 Å². The van der Waals surface area contributed by atoms with Crippen LogP contribution >= 0.6 is 11.6 Å². The molecule has 0 bridgehead atoms. The summed E-state index contributed by atoms with van der Waals surface area (Å²) in [7, 11) is 0. The zero-order valence-electron chi connectivity index (χ0n) is 11.0. The minimum atomic E-state index is -0.916. The van der Waals surface area contributed by atoms with Gasteiger partial charge in [0.05, 0.1) is 17.7 Å². The molecule has 6 heteroatoms. The van der Waals surface area contributed by atoms with Crippen molar-refractivity contribution in [2.24, 2.45) is 5.92 Å². The molecule has 1 atom stereocenters. The second kappa shape index (κ2) is 5.26. The number of hydrogen-bond donors (Lipinski definition) is 1. The first kappa shape index (κ1) is 13.7. The summed E-state index contributed by atoms with van der Waals surface area (Å²) in [6.07, 6.45) is 1.74. The Morgan fingerprint density at radius 3 is 2.71 bits per heavy atom. The summed E-state index contributed by atoms with van der Waals surface area (Å²) >= 11 is 5.85. The molecule has 2 aromatic rings. The van der Waals surface area contributed by atoms with Gasteiger partial charge in [0.25, 0.3) is 5.91 Å². The highest BCUT2D eigenvalue weighted by Gasteiger charge is 2.33. The Morgan fingerprint density at radius 2 is 2.05 bits per heavy atom. The minimum Gasteiger partial charge on any atom is -0.481 e. The molecule has 21 heavy (non-hydrogen) atoms. The van der Waals surface area contributed by atoms with Crippen molar-refractivity contribution in [2.75, 3.05) is 11.4 Å². The Hall–Kier alpha value is -2.27. The number of carbonyl (C=O) groups excluding carboxylic acids is 1. The van der Waals surface area contributed by atoms with Gasteiger partial charge in [-0.15, -0.1) is 0 Å². The predicted octanol–water partition coefficient (Wildman–Crippen LogP) is 2.84. The standard InChI is InChI=1S/C15H12ClNO4/c16-13-11(5-6-21-13)14(18)17-8-10(15(19)20)7-9-3-1-2-4-12(9)17/h1-6,10H,7-8H2,(H,19,20). The van der Waals surface area contributed by atoms with Gasteiger partial charge < -0.3 is 14.4 Å². The largest absolute Gasteiger partial charge is 0.481 e. The van der Waals surface area contributed by atoms with Crippen molar-refractivity contribution in [1.82, 2.24) is 0 Å². The fourth-order valence-electron chi connectivity index (χ4n) is 2.54. The lowest BCUT2D eigenvalue weighted by molar-refractivity contribution is -0.141. The Balaban J connectivity index is 2.02. The summed E-state index contributed by atoms with van der Waals surface area (Å²) in [4.78, 5) is 25.4. The van der Waals surface area contributed by atoms with Crippen LogP contribution in [0, 0.1) is 5.92 Å². The van der Waals surface area contributed by atoms with Crippen LogP contribution in [-0.2, 0) is 11.2 Å². The van der Waals surface area contributed by atoms with E-state index in [1.54, 1.807) is 6.07 Å². The molecule has 1 aliphatic rings. The SMILES string of the molecule is O=C(O)C1Cc2ccccc2N(C(=O)c2ccoc2Cl)C1. The van der Waals surface area contributed by atoms with Gasteiger partial charge in [0.2, 0.25) is 5.22 Å². The summed E-state index contributed by atoms with van der Waals surface area (Å²) in [6.45, 7) is 0.118. The number of carboxylic acids is 1. The van der Waals surface area contributed by atoms with Crippen molar-refractivity contribution in [1.29, 1.82) is 0 Å². The van der Waals surface area contributed by atoms with Crippen LogP contribution in [0.1, 0.15) is 15.9 Å². The van der Waals surface area contributed by atoms with Gasteiger partial charge in [0, 0.05) is 12.2 Å². The molecule has 3 rings (SSSR count). The first-order valence-corrected chi connectivity index (χ1v) is 6.81. The van der Waals surface area contributed by atoms with Crippen molar-refractivity contribution < 1.29 is 19.1 Å². The van der Waals surface area contributed by atoms with Gasteiger partial charge in [-0.3, -0.25) is 9.59 Å². The van der Waals surface area contributed by atoms with Crippen LogP contribution in [0.25, 0.3) is 0 Å². The van der Waals surface area contributed by atoms with Gasteiger partial charge in [-0.2, -0.15) is 0 Å². The van der Waals surface area contributed by atoms with Crippen LogP contribution in [0.3, 0.4) is 0 Å². The molecule has 1 unspecified atom stereocenters. The maximum absolute atomic E-state index is 12.6. The van der Waals surface area contributed by atoms with Gasteiger partial charge in [-0.1, -0.05) is 18.2 Å². The van der Waals surface area contributed by atoms with Crippen molar-refractivity contribution in [2.45, 2.75) is 6.42 Å². The van der Waals surface area contributed by atoms with E-state index in [1.165, 1.54) is 17.2 Å². The number of hydrogen-bond acceptors (Lipinski definition) is 3. The fraction of sp³-hybridized carbons (Fsp3) is 0.200. The van der Waals surface area contributed by atoms with E-state index in [4.69, 9.17) is 16.0 Å². The van der Waals surface area contributed by atoms with Crippen LogP contribution in [0.4, 0.5) is 5.69 Å². The zero-order valence-corrected chi connectivity index (χ0v) is 11.7. The van der Waals surface area contributed by atoms with Crippen molar-refractivity contribution in [3.63, 3.8) is 0 Å². The molecule has 0 saturated heterocycles. The maximum Gasteiger partial charge on any atom is 0.308 e. The number of amides is 1. The fourth-order valence-corrected chi connectivity index (χ4v) is 2.74. The van der Waals surface area contributed by atoms with Crippen LogP contribution in [-0.4, -0.2) is 23.5 Å². The van der Waals surface area contributed by atoms with E-state index in [0.717, 1.165) is 11.3 Å². The van der Waals surface area contributed by atoms with Crippen molar-refractivity contribution in [3.05, 3.63) is 52.9 Å². The molecular weight excluding hydrogens is 294 g/mol. The van der Waals surface area contributed by atoms with E-state index in [2.05, 4.69) is 0 Å². The van der Waals surface area contributed by atoms with E-state index < -0.39 is 11.9 Å². The quantitative estimate of drug-likeness (QED) is 0.926. The summed E-state index contributed by atoms with van der Waals surface area (Å²) in [5.41, 5.74) is 1.79. The summed E-state index contributed by atoms with van der Waals surface area (Å²) < 4.78 is 4.94. The van der Waals surface area contributed by atoms with E-state index >= 15 is 0 Å². The second-order valence-corrected chi connectivity index (χ2v) is 5.24. The zero-order chi connectivity index (χ0) is 15.0. The van der Waals surface area contributed by atoms with Gasteiger partial charge in [-0.25, -0.2) is 0 Å². The predicted molar refractivity (Wildman–Crippen MR) is 76.7 cm³/mol.